The van der Waals surface area contributed by atoms with Crippen LogP contribution in [-0.4, -0.2) is 103 Å². The van der Waals surface area contributed by atoms with Crippen LogP contribution >= 0.6 is 0 Å². The van der Waals surface area contributed by atoms with Crippen molar-refractivity contribution in [2.75, 3.05) is 52.5 Å². The maximum Gasteiger partial charge on any atom is 0.410 e. The Labute approximate surface area is 232 Å². The SMILES string of the molecule is C=CCOC(=O)N1CCN(C(C)(C)C(=O)NCC(OCC)(OCC)c2cccnc2)C[C@H]1C(=O)NCC(F)(F)F. The molecule has 1 aliphatic rings. The number of carbonyl (C=O) groups excluding carboxylic acids is 3. The lowest BCUT2D eigenvalue weighted by Crippen LogP contribution is -2.67. The van der Waals surface area contributed by atoms with Crippen LogP contribution in [-0.2, 0) is 29.6 Å². The molecule has 14 heteroatoms. The molecule has 0 radical (unpaired) electrons. The molecule has 2 rings (SSSR count). The Kier molecular flexibility index (Phi) is 11.9. The van der Waals surface area contributed by atoms with E-state index < -0.39 is 48.0 Å². The molecular formula is C26H38F3N5O6. The van der Waals surface area contributed by atoms with Crippen LogP contribution in [0.25, 0.3) is 0 Å². The van der Waals surface area contributed by atoms with Crippen molar-refractivity contribution in [1.29, 1.82) is 0 Å². The summed E-state index contributed by atoms with van der Waals surface area (Å²) in [6, 6.07) is 2.16. The minimum Gasteiger partial charge on any atom is -0.445 e. The van der Waals surface area contributed by atoms with E-state index in [1.54, 1.807) is 57.1 Å². The average Bonchev–Trinajstić information content (AvgIpc) is 2.93. The van der Waals surface area contributed by atoms with Crippen LogP contribution in [0, 0.1) is 0 Å². The minimum atomic E-state index is -4.64. The van der Waals surface area contributed by atoms with Gasteiger partial charge >= 0.3 is 12.3 Å². The lowest BCUT2D eigenvalue weighted by molar-refractivity contribution is -0.239. The van der Waals surface area contributed by atoms with Crippen LogP contribution in [0.1, 0.15) is 33.3 Å². The molecule has 0 bridgehead atoms. The van der Waals surface area contributed by atoms with Gasteiger partial charge in [0, 0.05) is 50.8 Å². The number of hydrogen-bond acceptors (Lipinski definition) is 8. The summed E-state index contributed by atoms with van der Waals surface area (Å²) in [6.07, 6.45) is -1.00. The summed E-state index contributed by atoms with van der Waals surface area (Å²) in [5.41, 5.74) is -0.636. The van der Waals surface area contributed by atoms with Gasteiger partial charge < -0.3 is 24.8 Å². The topological polar surface area (TPSA) is 122 Å². The number of piperazine rings is 1. The van der Waals surface area contributed by atoms with E-state index in [-0.39, 0.29) is 46.0 Å². The zero-order chi connectivity index (χ0) is 30.0. The normalized spacial score (nSPS) is 16.8. The second-order valence-electron chi connectivity index (χ2n) is 9.46. The highest BCUT2D eigenvalue weighted by Crippen LogP contribution is 2.28. The van der Waals surface area contributed by atoms with E-state index >= 15 is 0 Å². The zero-order valence-electron chi connectivity index (χ0n) is 23.3. The van der Waals surface area contributed by atoms with E-state index in [1.165, 1.54) is 6.08 Å². The molecule has 3 amide bonds. The summed E-state index contributed by atoms with van der Waals surface area (Å²) in [6.45, 7) is 8.96. The number of nitrogens with zero attached hydrogens (tertiary/aromatic N) is 3. The largest absolute Gasteiger partial charge is 0.445 e. The number of halogens is 3. The van der Waals surface area contributed by atoms with Gasteiger partial charge in [0.05, 0.1) is 12.1 Å². The van der Waals surface area contributed by atoms with Gasteiger partial charge in [0.1, 0.15) is 19.2 Å². The van der Waals surface area contributed by atoms with Gasteiger partial charge in [-0.15, -0.1) is 0 Å². The lowest BCUT2D eigenvalue weighted by atomic mass is 9.97. The van der Waals surface area contributed by atoms with Gasteiger partial charge in [-0.05, 0) is 33.8 Å². The van der Waals surface area contributed by atoms with Crippen molar-refractivity contribution in [1.82, 2.24) is 25.4 Å². The molecule has 0 spiro atoms. The van der Waals surface area contributed by atoms with Crippen molar-refractivity contribution >= 4 is 17.9 Å². The second-order valence-corrected chi connectivity index (χ2v) is 9.46. The summed E-state index contributed by atoms with van der Waals surface area (Å²) in [4.78, 5) is 45.6. The van der Waals surface area contributed by atoms with E-state index in [9.17, 15) is 27.6 Å². The van der Waals surface area contributed by atoms with Gasteiger partial charge in [-0.25, -0.2) is 4.79 Å². The summed E-state index contributed by atoms with van der Waals surface area (Å²) >= 11 is 0. The van der Waals surface area contributed by atoms with Crippen LogP contribution in [0.15, 0.2) is 37.2 Å². The first-order valence-corrected chi connectivity index (χ1v) is 12.9. The Hall–Kier alpha value is -3.23. The molecular weight excluding hydrogens is 535 g/mol. The third-order valence-electron chi connectivity index (χ3n) is 6.39. The van der Waals surface area contributed by atoms with Gasteiger partial charge in [-0.3, -0.25) is 24.4 Å². The van der Waals surface area contributed by atoms with Crippen molar-refractivity contribution < 1.29 is 41.8 Å². The number of amides is 3. The number of hydrogen-bond donors (Lipinski definition) is 2. The maximum absolute atomic E-state index is 13.5. The Bertz CT molecular complexity index is 1000. The monoisotopic (exact) mass is 573 g/mol. The average molecular weight is 574 g/mol. The molecule has 0 unspecified atom stereocenters. The summed E-state index contributed by atoms with van der Waals surface area (Å²) in [5.74, 6) is -2.77. The third kappa shape index (κ3) is 8.63. The van der Waals surface area contributed by atoms with Crippen molar-refractivity contribution in [2.45, 2.75) is 51.2 Å². The third-order valence-corrected chi connectivity index (χ3v) is 6.39. The second kappa shape index (κ2) is 14.4. The quantitative estimate of drug-likeness (QED) is 0.272. The van der Waals surface area contributed by atoms with E-state index in [2.05, 4.69) is 16.9 Å². The predicted octanol–water partition coefficient (Wildman–Crippen LogP) is 2.19. The summed E-state index contributed by atoms with van der Waals surface area (Å²) < 4.78 is 55.2. The van der Waals surface area contributed by atoms with E-state index in [0.29, 0.717) is 5.56 Å². The standard InChI is InChI=1S/C26H38F3N5O6/c1-6-14-38-23(37)34-13-12-33(16-20(34)21(35)31-18-26(27,28)29)24(4,5)22(36)32-17-25(39-7-2,40-8-3)19-10-9-11-30-15-19/h6,9-11,15,20H,1,7-8,12-14,16-18H2,2-5H3,(H,31,35)(H,32,36)/t20-/m0/s1. The molecule has 1 aliphatic heterocycles. The van der Waals surface area contributed by atoms with Crippen LogP contribution in [0.2, 0.25) is 0 Å². The first-order chi connectivity index (χ1) is 18.8. The molecule has 1 atom stereocenters. The summed E-state index contributed by atoms with van der Waals surface area (Å²) in [5, 5.41) is 4.68. The fraction of sp³-hybridized carbons (Fsp3) is 0.615. The molecule has 2 heterocycles. The van der Waals surface area contributed by atoms with Crippen LogP contribution in [0.3, 0.4) is 0 Å². The highest BCUT2D eigenvalue weighted by atomic mass is 19.4. The molecule has 0 aromatic carbocycles. The lowest BCUT2D eigenvalue weighted by Gasteiger charge is -2.46. The molecule has 0 saturated carbocycles. The van der Waals surface area contributed by atoms with Crippen molar-refractivity contribution in [2.24, 2.45) is 0 Å². The van der Waals surface area contributed by atoms with Gasteiger partial charge in [0.25, 0.3) is 0 Å². The molecule has 0 aliphatic carbocycles. The summed E-state index contributed by atoms with van der Waals surface area (Å²) in [7, 11) is 0. The van der Waals surface area contributed by atoms with E-state index in [4.69, 9.17) is 14.2 Å². The van der Waals surface area contributed by atoms with Crippen LogP contribution in [0.4, 0.5) is 18.0 Å². The fourth-order valence-electron chi connectivity index (χ4n) is 4.28. The molecule has 1 aromatic rings. The predicted molar refractivity (Wildman–Crippen MR) is 139 cm³/mol. The van der Waals surface area contributed by atoms with E-state index in [0.717, 1.165) is 4.90 Å². The molecule has 1 saturated heterocycles. The number of pyridine rings is 1. The van der Waals surface area contributed by atoms with Crippen molar-refractivity contribution in [3.05, 3.63) is 42.7 Å². The van der Waals surface area contributed by atoms with Crippen LogP contribution in [0.5, 0.6) is 0 Å². The van der Waals surface area contributed by atoms with Crippen LogP contribution < -0.4 is 10.6 Å². The number of nitrogens with one attached hydrogen (secondary N) is 2. The number of ether oxygens (including phenoxy) is 3. The molecule has 40 heavy (non-hydrogen) atoms. The molecule has 2 N–H and O–H groups in total. The Morgan fingerprint density at radius 3 is 2.35 bits per heavy atom. The molecule has 1 aromatic heterocycles. The molecule has 11 nitrogen and oxygen atoms in total. The number of rotatable bonds is 13. The Morgan fingerprint density at radius 1 is 1.12 bits per heavy atom. The molecule has 224 valence electrons. The Morgan fingerprint density at radius 2 is 1.80 bits per heavy atom. The van der Waals surface area contributed by atoms with Gasteiger partial charge in [0.2, 0.25) is 17.6 Å². The molecule has 1 fully saturated rings. The maximum atomic E-state index is 13.5. The first kappa shape index (κ1) is 33.0. The van der Waals surface area contributed by atoms with Crippen molar-refractivity contribution in [3.8, 4) is 0 Å². The van der Waals surface area contributed by atoms with Gasteiger partial charge in [-0.2, -0.15) is 13.2 Å². The fourth-order valence-corrected chi connectivity index (χ4v) is 4.28. The number of aromatic nitrogens is 1. The zero-order valence-corrected chi connectivity index (χ0v) is 23.3. The Balaban J connectivity index is 2.23. The highest BCUT2D eigenvalue weighted by molar-refractivity contribution is 5.88. The number of alkyl halides is 3. The van der Waals surface area contributed by atoms with E-state index in [1.807, 2.05) is 5.32 Å². The van der Waals surface area contributed by atoms with Gasteiger partial charge in [0.15, 0.2) is 0 Å². The van der Waals surface area contributed by atoms with Gasteiger partial charge in [-0.1, -0.05) is 18.7 Å². The van der Waals surface area contributed by atoms with Crippen molar-refractivity contribution in [3.63, 3.8) is 0 Å². The number of carbonyl (C=O) groups is 3. The highest BCUT2D eigenvalue weighted by Gasteiger charge is 2.45. The first-order valence-electron chi connectivity index (χ1n) is 12.9. The smallest absolute Gasteiger partial charge is 0.410 e. The minimum absolute atomic E-state index is 0.0612.